The zero-order valence-corrected chi connectivity index (χ0v) is 19.1. The van der Waals surface area contributed by atoms with E-state index in [0.29, 0.717) is 11.8 Å². The highest BCUT2D eigenvalue weighted by atomic mass is 16.4. The smallest absolute Gasteiger partial charge is 0.251 e. The van der Waals surface area contributed by atoms with E-state index in [4.69, 9.17) is 9.52 Å². The molecule has 0 atom stereocenters. The molecule has 3 aromatic heterocycles. The van der Waals surface area contributed by atoms with Gasteiger partial charge in [-0.05, 0) is 75.3 Å². The molecule has 0 spiro atoms. The summed E-state index contributed by atoms with van der Waals surface area (Å²) < 4.78 is 10.1. The SMILES string of the molecule is Cc1nn(C)cc1-c1nnc(-c2cn(-c3ccccc3)nc2C23CC4CC(CC(C4)C2)C3)o1. The molecule has 33 heavy (non-hydrogen) atoms. The van der Waals surface area contributed by atoms with Crippen molar-refractivity contribution in [1.82, 2.24) is 29.8 Å². The summed E-state index contributed by atoms with van der Waals surface area (Å²) in [6, 6.07) is 10.3. The van der Waals surface area contributed by atoms with Gasteiger partial charge in [0, 0.05) is 24.9 Å². The van der Waals surface area contributed by atoms with Crippen molar-refractivity contribution in [3.05, 3.63) is 54.1 Å². The van der Waals surface area contributed by atoms with Crippen LogP contribution in [0.2, 0.25) is 0 Å². The van der Waals surface area contributed by atoms with E-state index in [0.717, 1.165) is 46.0 Å². The van der Waals surface area contributed by atoms with Gasteiger partial charge in [0.15, 0.2) is 0 Å². The minimum atomic E-state index is 0.128. The van der Waals surface area contributed by atoms with Crippen molar-refractivity contribution in [2.75, 3.05) is 0 Å². The second-order valence-corrected chi connectivity index (χ2v) is 10.6. The van der Waals surface area contributed by atoms with E-state index >= 15 is 0 Å². The van der Waals surface area contributed by atoms with Crippen LogP contribution in [0.15, 0.2) is 47.1 Å². The Morgan fingerprint density at radius 1 is 0.848 bits per heavy atom. The number of hydrogen-bond acceptors (Lipinski definition) is 5. The number of hydrogen-bond donors (Lipinski definition) is 0. The van der Waals surface area contributed by atoms with Crippen molar-refractivity contribution in [2.24, 2.45) is 24.8 Å². The zero-order valence-electron chi connectivity index (χ0n) is 19.1. The van der Waals surface area contributed by atoms with E-state index in [-0.39, 0.29) is 5.41 Å². The van der Waals surface area contributed by atoms with Crippen LogP contribution in [0.4, 0.5) is 0 Å². The first-order valence-electron chi connectivity index (χ1n) is 12.1. The van der Waals surface area contributed by atoms with Crippen molar-refractivity contribution < 1.29 is 4.42 Å². The quantitative estimate of drug-likeness (QED) is 0.441. The Morgan fingerprint density at radius 3 is 2.09 bits per heavy atom. The van der Waals surface area contributed by atoms with Gasteiger partial charge in [-0.25, -0.2) is 4.68 Å². The van der Waals surface area contributed by atoms with Gasteiger partial charge >= 0.3 is 0 Å². The van der Waals surface area contributed by atoms with Gasteiger partial charge in [0.2, 0.25) is 0 Å². The molecule has 0 N–H and O–H groups in total. The van der Waals surface area contributed by atoms with Crippen LogP contribution in [-0.4, -0.2) is 29.8 Å². The fraction of sp³-hybridized carbons (Fsp3) is 0.462. The molecule has 4 aromatic rings. The predicted octanol–water partition coefficient (Wildman–Crippen LogP) is 5.10. The highest BCUT2D eigenvalue weighted by Gasteiger charge is 2.53. The Morgan fingerprint density at radius 2 is 1.48 bits per heavy atom. The van der Waals surface area contributed by atoms with Crippen molar-refractivity contribution in [3.8, 4) is 28.6 Å². The number of rotatable bonds is 4. The summed E-state index contributed by atoms with van der Waals surface area (Å²) in [5.74, 6) is 3.58. The van der Waals surface area contributed by atoms with Crippen molar-refractivity contribution in [3.63, 3.8) is 0 Å². The molecule has 4 bridgehead atoms. The summed E-state index contributed by atoms with van der Waals surface area (Å²) in [6.45, 7) is 1.97. The molecule has 4 aliphatic rings. The van der Waals surface area contributed by atoms with E-state index < -0.39 is 0 Å². The monoisotopic (exact) mass is 440 g/mol. The lowest BCUT2D eigenvalue weighted by Gasteiger charge is -2.56. The van der Waals surface area contributed by atoms with Gasteiger partial charge in [0.25, 0.3) is 11.8 Å². The van der Waals surface area contributed by atoms with Gasteiger partial charge in [0.1, 0.15) is 0 Å². The normalized spacial score (nSPS) is 28.0. The molecule has 0 unspecified atom stereocenters. The molecule has 4 fully saturated rings. The fourth-order valence-electron chi connectivity index (χ4n) is 7.29. The average molecular weight is 441 g/mol. The van der Waals surface area contributed by atoms with E-state index in [2.05, 4.69) is 45.8 Å². The third-order valence-corrected chi connectivity index (χ3v) is 8.17. The van der Waals surface area contributed by atoms with Crippen LogP contribution in [0.25, 0.3) is 28.6 Å². The lowest BCUT2D eigenvalue weighted by Crippen LogP contribution is -2.49. The predicted molar refractivity (Wildman–Crippen MR) is 124 cm³/mol. The van der Waals surface area contributed by atoms with Crippen LogP contribution in [-0.2, 0) is 12.5 Å². The van der Waals surface area contributed by atoms with Crippen molar-refractivity contribution >= 4 is 0 Å². The maximum absolute atomic E-state index is 6.27. The van der Waals surface area contributed by atoms with Gasteiger partial charge < -0.3 is 4.42 Å². The topological polar surface area (TPSA) is 74.6 Å². The Kier molecular flexibility index (Phi) is 4.02. The van der Waals surface area contributed by atoms with Gasteiger partial charge in [-0.1, -0.05) is 18.2 Å². The van der Waals surface area contributed by atoms with Crippen LogP contribution in [0.5, 0.6) is 0 Å². The van der Waals surface area contributed by atoms with Crippen LogP contribution in [0, 0.1) is 24.7 Å². The molecular formula is C26H28N6O. The molecule has 4 saturated carbocycles. The van der Waals surface area contributed by atoms with Gasteiger partial charge in [0.05, 0.1) is 28.2 Å². The van der Waals surface area contributed by atoms with E-state index in [1.807, 2.05) is 30.9 Å². The first-order chi connectivity index (χ1) is 16.1. The van der Waals surface area contributed by atoms with Crippen LogP contribution < -0.4 is 0 Å². The summed E-state index contributed by atoms with van der Waals surface area (Å²) in [6.07, 6.45) is 11.9. The van der Waals surface area contributed by atoms with Crippen LogP contribution in [0.1, 0.15) is 49.9 Å². The van der Waals surface area contributed by atoms with Crippen molar-refractivity contribution in [2.45, 2.75) is 50.9 Å². The number of aromatic nitrogens is 6. The molecule has 1 aromatic carbocycles. The number of para-hydroxylation sites is 1. The van der Waals surface area contributed by atoms with Crippen LogP contribution >= 0.6 is 0 Å². The van der Waals surface area contributed by atoms with Crippen molar-refractivity contribution in [1.29, 1.82) is 0 Å². The van der Waals surface area contributed by atoms with E-state index in [9.17, 15) is 0 Å². The van der Waals surface area contributed by atoms with Gasteiger partial charge in [-0.15, -0.1) is 10.2 Å². The lowest BCUT2D eigenvalue weighted by atomic mass is 9.48. The molecule has 0 aliphatic heterocycles. The number of nitrogens with zero attached hydrogens (tertiary/aromatic N) is 6. The molecule has 0 radical (unpaired) electrons. The lowest BCUT2D eigenvalue weighted by molar-refractivity contribution is -0.00714. The summed E-state index contributed by atoms with van der Waals surface area (Å²) >= 11 is 0. The molecule has 7 heteroatoms. The van der Waals surface area contributed by atoms with Gasteiger partial charge in [-0.3, -0.25) is 4.68 Å². The second-order valence-electron chi connectivity index (χ2n) is 10.6. The third kappa shape index (κ3) is 3.01. The number of benzene rings is 1. The molecule has 0 amide bonds. The Labute approximate surface area is 192 Å². The highest BCUT2D eigenvalue weighted by molar-refractivity contribution is 5.62. The average Bonchev–Trinajstić information content (AvgIpc) is 3.51. The largest absolute Gasteiger partial charge is 0.416 e. The molecule has 7 nitrogen and oxygen atoms in total. The summed E-state index contributed by atoms with van der Waals surface area (Å²) in [5, 5.41) is 18.6. The van der Waals surface area contributed by atoms with Crippen LogP contribution in [0.3, 0.4) is 0 Å². The Balaban J connectivity index is 1.37. The molecule has 168 valence electrons. The minimum Gasteiger partial charge on any atom is -0.416 e. The number of aryl methyl sites for hydroxylation is 2. The molecular weight excluding hydrogens is 412 g/mol. The van der Waals surface area contributed by atoms with E-state index in [1.165, 1.54) is 38.5 Å². The van der Waals surface area contributed by atoms with E-state index in [1.54, 1.807) is 4.68 Å². The molecule has 3 heterocycles. The molecule has 8 rings (SSSR count). The Bertz CT molecular complexity index is 1290. The summed E-state index contributed by atoms with van der Waals surface area (Å²) in [4.78, 5) is 0. The molecule has 4 aliphatic carbocycles. The minimum absolute atomic E-state index is 0.128. The van der Waals surface area contributed by atoms with Gasteiger partial charge in [-0.2, -0.15) is 10.2 Å². The summed E-state index contributed by atoms with van der Waals surface area (Å²) in [5.41, 5.74) is 5.09. The first kappa shape index (κ1) is 19.3. The molecule has 0 saturated heterocycles. The summed E-state index contributed by atoms with van der Waals surface area (Å²) in [7, 11) is 1.91. The maximum Gasteiger partial charge on any atom is 0.251 e. The standard InChI is InChI=1S/C26H28N6O/c1-16-21(14-31(2)29-16)24-27-28-25(33-24)22-15-32(20-6-4-3-5-7-20)30-23(22)26-11-17-8-18(12-26)10-19(9-17)13-26/h3-7,14-15,17-19H,8-13H2,1-2H3. The fourth-order valence-corrected chi connectivity index (χ4v) is 7.29. The second kappa shape index (κ2) is 6.89. The first-order valence-corrected chi connectivity index (χ1v) is 12.1. The third-order valence-electron chi connectivity index (χ3n) is 8.17. The Hall–Kier alpha value is -3.22. The maximum atomic E-state index is 6.27. The zero-order chi connectivity index (χ0) is 22.2. The highest BCUT2D eigenvalue weighted by Crippen LogP contribution is 2.61.